The maximum Gasteiger partial charge on any atom is 0.339 e. The molecule has 0 heterocycles. The number of hydrogen-bond acceptors (Lipinski definition) is 6. The lowest BCUT2D eigenvalue weighted by molar-refractivity contribution is -0.140. The van der Waals surface area contributed by atoms with E-state index < -0.39 is 5.97 Å². The molecule has 6 heteroatoms. The van der Waals surface area contributed by atoms with Crippen molar-refractivity contribution in [3.63, 3.8) is 0 Å². The van der Waals surface area contributed by atoms with Crippen LogP contribution in [0.5, 0.6) is 0 Å². The molecule has 5 nitrogen and oxygen atoms in total. The van der Waals surface area contributed by atoms with Gasteiger partial charge in [0.2, 0.25) is 0 Å². The molecule has 1 aromatic rings. The molecule has 0 spiro atoms. The number of carbonyl (C=O) groups excluding carboxylic acids is 2. The zero-order valence-electron chi connectivity index (χ0n) is 10.3. The Morgan fingerprint density at radius 3 is 2.61 bits per heavy atom. The van der Waals surface area contributed by atoms with Crippen molar-refractivity contribution in [1.82, 2.24) is 0 Å². The van der Waals surface area contributed by atoms with Crippen LogP contribution in [0.2, 0.25) is 0 Å². The van der Waals surface area contributed by atoms with Crippen molar-refractivity contribution in [2.45, 2.75) is 11.3 Å². The van der Waals surface area contributed by atoms with E-state index in [0.717, 1.165) is 4.90 Å². The zero-order chi connectivity index (χ0) is 13.5. The van der Waals surface area contributed by atoms with Gasteiger partial charge in [0.15, 0.2) is 0 Å². The van der Waals surface area contributed by atoms with Gasteiger partial charge in [-0.25, -0.2) is 4.79 Å². The van der Waals surface area contributed by atoms with Gasteiger partial charge in [-0.05, 0) is 18.2 Å². The average Bonchev–Trinajstić information content (AvgIpc) is 2.39. The van der Waals surface area contributed by atoms with Crippen molar-refractivity contribution in [3.8, 4) is 0 Å². The molecule has 0 saturated heterocycles. The van der Waals surface area contributed by atoms with E-state index in [-0.39, 0.29) is 12.4 Å². The molecule has 0 bridgehead atoms. The Balaban J connectivity index is 2.75. The Morgan fingerprint density at radius 2 is 2.00 bits per heavy atom. The first kappa shape index (κ1) is 14.4. The topological polar surface area (TPSA) is 78.6 Å². The van der Waals surface area contributed by atoms with Crippen LogP contribution in [0.25, 0.3) is 0 Å². The number of nitrogens with two attached hydrogens (primary N) is 1. The molecule has 0 aromatic heterocycles. The normalized spacial score (nSPS) is 9.89. The summed E-state index contributed by atoms with van der Waals surface area (Å²) in [6.07, 6.45) is 0.284. The minimum atomic E-state index is -0.442. The van der Waals surface area contributed by atoms with Crippen molar-refractivity contribution in [2.75, 3.05) is 25.7 Å². The van der Waals surface area contributed by atoms with E-state index in [9.17, 15) is 9.59 Å². The smallest absolute Gasteiger partial charge is 0.339 e. The van der Waals surface area contributed by atoms with E-state index in [1.54, 1.807) is 18.2 Å². The summed E-state index contributed by atoms with van der Waals surface area (Å²) in [6, 6.07) is 5.00. The minimum Gasteiger partial charge on any atom is -0.469 e. The van der Waals surface area contributed by atoms with E-state index in [4.69, 9.17) is 5.73 Å². The predicted molar refractivity (Wildman–Crippen MR) is 69.6 cm³/mol. The molecule has 98 valence electrons. The van der Waals surface area contributed by atoms with Crippen molar-refractivity contribution in [2.24, 2.45) is 0 Å². The number of methoxy groups -OCH3 is 2. The number of benzene rings is 1. The van der Waals surface area contributed by atoms with E-state index in [2.05, 4.69) is 9.47 Å². The second-order valence-corrected chi connectivity index (χ2v) is 4.56. The summed E-state index contributed by atoms with van der Waals surface area (Å²) < 4.78 is 9.22. The first-order valence-electron chi connectivity index (χ1n) is 5.26. The highest BCUT2D eigenvalue weighted by Gasteiger charge is 2.13. The maximum atomic E-state index is 11.6. The molecule has 0 amide bonds. The van der Waals surface area contributed by atoms with Crippen molar-refractivity contribution >= 4 is 29.4 Å². The van der Waals surface area contributed by atoms with Gasteiger partial charge in [-0.3, -0.25) is 4.79 Å². The Hall–Kier alpha value is -1.69. The van der Waals surface area contributed by atoms with Crippen LogP contribution in [0.15, 0.2) is 23.1 Å². The number of nitrogen functional groups attached to an aromatic ring is 1. The molecular formula is C12H15NO4S. The van der Waals surface area contributed by atoms with Gasteiger partial charge in [0.05, 0.1) is 26.2 Å². The van der Waals surface area contributed by atoms with Crippen molar-refractivity contribution in [1.29, 1.82) is 0 Å². The van der Waals surface area contributed by atoms with Gasteiger partial charge in [-0.15, -0.1) is 11.8 Å². The third-order valence-electron chi connectivity index (χ3n) is 2.20. The molecule has 0 atom stereocenters. The fourth-order valence-corrected chi connectivity index (χ4v) is 2.24. The quantitative estimate of drug-likeness (QED) is 0.498. The van der Waals surface area contributed by atoms with Crippen LogP contribution in [0.3, 0.4) is 0 Å². The highest BCUT2D eigenvalue weighted by atomic mass is 32.2. The van der Waals surface area contributed by atoms with E-state index >= 15 is 0 Å². The van der Waals surface area contributed by atoms with Crippen LogP contribution in [-0.2, 0) is 14.3 Å². The third kappa shape index (κ3) is 3.96. The number of ether oxygens (including phenoxy) is 2. The summed E-state index contributed by atoms with van der Waals surface area (Å²) in [6.45, 7) is 0. The van der Waals surface area contributed by atoms with E-state index in [1.807, 2.05) is 0 Å². The fourth-order valence-electron chi connectivity index (χ4n) is 1.29. The first-order chi connectivity index (χ1) is 8.58. The fraction of sp³-hybridized carbons (Fsp3) is 0.333. The number of esters is 2. The SMILES string of the molecule is COC(=O)CCSc1ccc(N)cc1C(=O)OC. The minimum absolute atomic E-state index is 0.280. The van der Waals surface area contributed by atoms with Gasteiger partial charge >= 0.3 is 11.9 Å². The summed E-state index contributed by atoms with van der Waals surface area (Å²) in [7, 11) is 2.66. The molecular weight excluding hydrogens is 254 g/mol. The van der Waals surface area contributed by atoms with Crippen molar-refractivity contribution in [3.05, 3.63) is 23.8 Å². The largest absolute Gasteiger partial charge is 0.469 e. The Kier molecular flexibility index (Phi) is 5.51. The standard InChI is InChI=1S/C12H15NO4S/c1-16-11(14)5-6-18-10-4-3-8(13)7-9(10)12(15)17-2/h3-4,7H,5-6,13H2,1-2H3. The summed E-state index contributed by atoms with van der Waals surface area (Å²) in [4.78, 5) is 23.3. The average molecular weight is 269 g/mol. The first-order valence-corrected chi connectivity index (χ1v) is 6.24. The lowest BCUT2D eigenvalue weighted by atomic mass is 10.2. The summed E-state index contributed by atoms with van der Waals surface area (Å²) in [5.41, 5.74) is 6.53. The summed E-state index contributed by atoms with van der Waals surface area (Å²) in [5.74, 6) is -0.193. The number of thioether (sulfide) groups is 1. The van der Waals surface area contributed by atoms with Crippen LogP contribution in [0.1, 0.15) is 16.8 Å². The van der Waals surface area contributed by atoms with Gasteiger partial charge < -0.3 is 15.2 Å². The number of rotatable bonds is 5. The van der Waals surface area contributed by atoms with E-state index in [0.29, 0.717) is 17.0 Å². The second kappa shape index (κ2) is 6.90. The summed E-state index contributed by atoms with van der Waals surface area (Å²) in [5, 5.41) is 0. The van der Waals surface area contributed by atoms with Gasteiger partial charge in [0, 0.05) is 16.3 Å². The van der Waals surface area contributed by atoms with Crippen LogP contribution in [0, 0.1) is 0 Å². The molecule has 2 N–H and O–H groups in total. The molecule has 1 aromatic carbocycles. The maximum absolute atomic E-state index is 11.6. The second-order valence-electron chi connectivity index (χ2n) is 3.42. The van der Waals surface area contributed by atoms with E-state index in [1.165, 1.54) is 26.0 Å². The molecule has 18 heavy (non-hydrogen) atoms. The summed E-state index contributed by atoms with van der Waals surface area (Å²) >= 11 is 1.39. The Morgan fingerprint density at radius 1 is 1.28 bits per heavy atom. The highest BCUT2D eigenvalue weighted by molar-refractivity contribution is 7.99. The monoisotopic (exact) mass is 269 g/mol. The lowest BCUT2D eigenvalue weighted by Gasteiger charge is -2.08. The van der Waals surface area contributed by atoms with Crippen LogP contribution >= 0.6 is 11.8 Å². The Bertz CT molecular complexity index is 448. The number of carbonyl (C=O) groups is 2. The van der Waals surface area contributed by atoms with Crippen LogP contribution < -0.4 is 5.73 Å². The lowest BCUT2D eigenvalue weighted by Crippen LogP contribution is -2.05. The van der Waals surface area contributed by atoms with Gasteiger partial charge in [0.1, 0.15) is 0 Å². The molecule has 0 unspecified atom stereocenters. The van der Waals surface area contributed by atoms with Gasteiger partial charge in [-0.1, -0.05) is 0 Å². The molecule has 0 aliphatic carbocycles. The number of anilines is 1. The van der Waals surface area contributed by atoms with Crippen LogP contribution in [-0.4, -0.2) is 31.9 Å². The van der Waals surface area contributed by atoms with Gasteiger partial charge in [0.25, 0.3) is 0 Å². The molecule has 0 aliphatic rings. The molecule has 0 aliphatic heterocycles. The molecule has 0 saturated carbocycles. The van der Waals surface area contributed by atoms with Crippen molar-refractivity contribution < 1.29 is 19.1 Å². The third-order valence-corrected chi connectivity index (χ3v) is 3.28. The molecule has 0 radical (unpaired) electrons. The number of hydrogen-bond donors (Lipinski definition) is 1. The van der Waals surface area contributed by atoms with Crippen LogP contribution in [0.4, 0.5) is 5.69 Å². The zero-order valence-corrected chi connectivity index (χ0v) is 11.1. The Labute approximate surface area is 110 Å². The predicted octanol–water partition coefficient (Wildman–Crippen LogP) is 1.71. The molecule has 0 fully saturated rings. The molecule has 1 rings (SSSR count). The van der Waals surface area contributed by atoms with Gasteiger partial charge in [-0.2, -0.15) is 0 Å². The highest BCUT2D eigenvalue weighted by Crippen LogP contribution is 2.26.